The van der Waals surface area contributed by atoms with E-state index in [4.69, 9.17) is 5.73 Å². The normalized spacial score (nSPS) is 11.3. The maximum atomic E-state index is 9.34. The van der Waals surface area contributed by atoms with Gasteiger partial charge in [-0.3, -0.25) is 5.10 Å². The van der Waals surface area contributed by atoms with Gasteiger partial charge in [0.15, 0.2) is 5.65 Å². The van der Waals surface area contributed by atoms with E-state index in [9.17, 15) is 5.11 Å². The molecule has 20 heavy (non-hydrogen) atoms. The highest BCUT2D eigenvalue weighted by Crippen LogP contribution is 2.30. The quantitative estimate of drug-likeness (QED) is 0.663. The number of nitrogen functional groups attached to an aromatic ring is 1. The lowest BCUT2D eigenvalue weighted by Gasteiger charge is -2.05. The van der Waals surface area contributed by atoms with Gasteiger partial charge < -0.3 is 10.8 Å². The second-order valence-electron chi connectivity index (χ2n) is 4.97. The summed E-state index contributed by atoms with van der Waals surface area (Å²) < 4.78 is 0. The number of phenols is 1. The van der Waals surface area contributed by atoms with Crippen molar-refractivity contribution in [2.24, 2.45) is 0 Å². The molecule has 102 valence electrons. The van der Waals surface area contributed by atoms with Crippen LogP contribution in [0.15, 0.2) is 24.3 Å². The van der Waals surface area contributed by atoms with Crippen LogP contribution in [0.2, 0.25) is 0 Å². The van der Waals surface area contributed by atoms with Gasteiger partial charge >= 0.3 is 0 Å². The number of nitrogens with two attached hydrogens (primary N) is 1. The molecule has 0 aliphatic heterocycles. The SMILES string of the molecule is CC(C)c1nc(N)c2c(-c3ccc(O)cc3)[nH]nc2n1. The number of phenolic OH excluding ortho intramolecular Hbond substituents is 1. The van der Waals surface area contributed by atoms with Gasteiger partial charge in [0, 0.05) is 11.5 Å². The summed E-state index contributed by atoms with van der Waals surface area (Å²) in [5.74, 6) is 1.49. The zero-order valence-electron chi connectivity index (χ0n) is 11.3. The highest BCUT2D eigenvalue weighted by molar-refractivity contribution is 5.97. The first-order valence-corrected chi connectivity index (χ1v) is 6.37. The molecule has 0 aliphatic carbocycles. The van der Waals surface area contributed by atoms with Crippen LogP contribution in [0.5, 0.6) is 5.75 Å². The van der Waals surface area contributed by atoms with Gasteiger partial charge in [-0.25, -0.2) is 9.97 Å². The van der Waals surface area contributed by atoms with Crippen LogP contribution in [0.1, 0.15) is 25.6 Å². The zero-order chi connectivity index (χ0) is 14.3. The Hall–Kier alpha value is -2.63. The second-order valence-corrected chi connectivity index (χ2v) is 4.97. The molecule has 4 N–H and O–H groups in total. The fourth-order valence-electron chi connectivity index (χ4n) is 2.06. The van der Waals surface area contributed by atoms with Crippen LogP contribution < -0.4 is 5.73 Å². The maximum Gasteiger partial charge on any atom is 0.187 e. The van der Waals surface area contributed by atoms with Crippen LogP contribution in [0.3, 0.4) is 0 Å². The first-order valence-electron chi connectivity index (χ1n) is 6.37. The Morgan fingerprint density at radius 2 is 1.85 bits per heavy atom. The average molecular weight is 269 g/mol. The number of hydrogen-bond donors (Lipinski definition) is 3. The third-order valence-corrected chi connectivity index (χ3v) is 3.13. The largest absolute Gasteiger partial charge is 0.508 e. The molecule has 0 radical (unpaired) electrons. The van der Waals surface area contributed by atoms with E-state index in [2.05, 4.69) is 20.2 Å². The van der Waals surface area contributed by atoms with Crippen LogP contribution in [-0.2, 0) is 0 Å². The van der Waals surface area contributed by atoms with Crippen molar-refractivity contribution in [1.29, 1.82) is 0 Å². The smallest absolute Gasteiger partial charge is 0.187 e. The van der Waals surface area contributed by atoms with Crippen LogP contribution in [0, 0.1) is 0 Å². The molecule has 6 heteroatoms. The van der Waals surface area contributed by atoms with E-state index in [1.807, 2.05) is 13.8 Å². The fourth-order valence-corrected chi connectivity index (χ4v) is 2.06. The Morgan fingerprint density at radius 3 is 2.50 bits per heavy atom. The Balaban J connectivity index is 2.21. The molecule has 0 unspecified atom stereocenters. The minimum absolute atomic E-state index is 0.190. The van der Waals surface area contributed by atoms with E-state index in [-0.39, 0.29) is 11.7 Å². The molecule has 2 aromatic heterocycles. The number of aromatic nitrogens is 4. The van der Waals surface area contributed by atoms with E-state index in [1.165, 1.54) is 0 Å². The van der Waals surface area contributed by atoms with Crippen LogP contribution in [0.4, 0.5) is 5.82 Å². The molecule has 0 amide bonds. The van der Waals surface area contributed by atoms with Crippen molar-refractivity contribution in [3.05, 3.63) is 30.1 Å². The Bertz CT molecular complexity index is 761. The number of H-pyrrole nitrogens is 1. The number of aromatic hydroxyl groups is 1. The van der Waals surface area contributed by atoms with E-state index >= 15 is 0 Å². The van der Waals surface area contributed by atoms with Crippen LogP contribution in [0.25, 0.3) is 22.3 Å². The summed E-state index contributed by atoms with van der Waals surface area (Å²) in [6.07, 6.45) is 0. The topological polar surface area (TPSA) is 101 Å². The van der Waals surface area contributed by atoms with E-state index < -0.39 is 0 Å². The number of aromatic amines is 1. The molecule has 0 fully saturated rings. The van der Waals surface area contributed by atoms with E-state index in [0.29, 0.717) is 22.7 Å². The fraction of sp³-hybridized carbons (Fsp3) is 0.214. The molecule has 0 spiro atoms. The number of hydrogen-bond acceptors (Lipinski definition) is 5. The summed E-state index contributed by atoms with van der Waals surface area (Å²) >= 11 is 0. The number of fused-ring (bicyclic) bond motifs is 1. The van der Waals surface area contributed by atoms with Crippen molar-refractivity contribution in [2.75, 3.05) is 5.73 Å². The number of rotatable bonds is 2. The lowest BCUT2D eigenvalue weighted by molar-refractivity contribution is 0.475. The van der Waals surface area contributed by atoms with Crippen molar-refractivity contribution >= 4 is 16.9 Å². The molecular weight excluding hydrogens is 254 g/mol. The summed E-state index contributed by atoms with van der Waals surface area (Å²) in [7, 11) is 0. The summed E-state index contributed by atoms with van der Waals surface area (Å²) in [5, 5.41) is 17.2. The molecule has 3 aromatic rings. The van der Waals surface area contributed by atoms with E-state index in [0.717, 1.165) is 11.3 Å². The average Bonchev–Trinajstić information content (AvgIpc) is 2.84. The van der Waals surface area contributed by atoms with Crippen molar-refractivity contribution in [3.63, 3.8) is 0 Å². The van der Waals surface area contributed by atoms with E-state index in [1.54, 1.807) is 24.3 Å². The van der Waals surface area contributed by atoms with Crippen LogP contribution >= 0.6 is 0 Å². The minimum atomic E-state index is 0.190. The van der Waals surface area contributed by atoms with Crippen molar-refractivity contribution in [2.45, 2.75) is 19.8 Å². The van der Waals surface area contributed by atoms with Gasteiger partial charge in [-0.1, -0.05) is 13.8 Å². The molecule has 0 saturated heterocycles. The molecule has 0 bridgehead atoms. The standard InChI is InChI=1S/C14H15N5O/c1-7(2)13-16-12(15)10-11(18-19-14(10)17-13)8-3-5-9(20)6-4-8/h3-7,20H,1-2H3,(H3,15,16,17,18,19). The molecule has 0 atom stereocenters. The molecular formula is C14H15N5O. The van der Waals surface area contributed by atoms with Crippen molar-refractivity contribution in [1.82, 2.24) is 20.2 Å². The Labute approximate surface area is 115 Å². The highest BCUT2D eigenvalue weighted by Gasteiger charge is 2.15. The lowest BCUT2D eigenvalue weighted by Crippen LogP contribution is -2.02. The van der Waals surface area contributed by atoms with Crippen LogP contribution in [-0.4, -0.2) is 25.3 Å². The summed E-state index contributed by atoms with van der Waals surface area (Å²) in [5.41, 5.74) is 8.24. The van der Waals surface area contributed by atoms with Gasteiger partial charge in [0.05, 0.1) is 11.1 Å². The van der Waals surface area contributed by atoms with Gasteiger partial charge in [-0.15, -0.1) is 0 Å². The predicted molar refractivity (Wildman–Crippen MR) is 77.3 cm³/mol. The van der Waals surface area contributed by atoms with Gasteiger partial charge in [0.1, 0.15) is 17.4 Å². The monoisotopic (exact) mass is 269 g/mol. The summed E-state index contributed by atoms with van der Waals surface area (Å²) in [6, 6.07) is 6.80. The Kier molecular flexibility index (Phi) is 2.78. The number of benzene rings is 1. The molecule has 1 aromatic carbocycles. The van der Waals surface area contributed by atoms with Gasteiger partial charge in [0.25, 0.3) is 0 Å². The summed E-state index contributed by atoms with van der Waals surface area (Å²) in [4.78, 5) is 8.75. The molecule has 2 heterocycles. The van der Waals surface area contributed by atoms with Crippen molar-refractivity contribution < 1.29 is 5.11 Å². The summed E-state index contributed by atoms with van der Waals surface area (Å²) in [6.45, 7) is 4.02. The molecule has 6 nitrogen and oxygen atoms in total. The van der Waals surface area contributed by atoms with Gasteiger partial charge in [0.2, 0.25) is 0 Å². The Morgan fingerprint density at radius 1 is 1.15 bits per heavy atom. The minimum Gasteiger partial charge on any atom is -0.508 e. The number of anilines is 1. The predicted octanol–water partition coefficient (Wildman–Crippen LogP) is 2.43. The highest BCUT2D eigenvalue weighted by atomic mass is 16.3. The third-order valence-electron chi connectivity index (χ3n) is 3.13. The molecule has 3 rings (SSSR count). The first kappa shape index (κ1) is 12.4. The maximum absolute atomic E-state index is 9.34. The lowest BCUT2D eigenvalue weighted by atomic mass is 10.1. The van der Waals surface area contributed by atoms with Gasteiger partial charge in [-0.2, -0.15) is 5.10 Å². The van der Waals surface area contributed by atoms with Crippen molar-refractivity contribution in [3.8, 4) is 17.0 Å². The first-order chi connectivity index (χ1) is 9.56. The number of nitrogens with one attached hydrogen (secondary N) is 1. The molecule has 0 saturated carbocycles. The molecule has 0 aliphatic rings. The van der Waals surface area contributed by atoms with Gasteiger partial charge in [-0.05, 0) is 24.3 Å². The third kappa shape index (κ3) is 1.95. The number of nitrogens with zero attached hydrogens (tertiary/aromatic N) is 3. The second kappa shape index (κ2) is 4.48. The zero-order valence-corrected chi connectivity index (χ0v) is 11.3.